The molecule has 0 spiro atoms. The smallest absolute Gasteiger partial charge is 0.343 e. The summed E-state index contributed by atoms with van der Waals surface area (Å²) < 4.78 is 5.63. The van der Waals surface area contributed by atoms with E-state index in [4.69, 9.17) is 4.74 Å². The second-order valence-electron chi connectivity index (χ2n) is 5.42. The van der Waals surface area contributed by atoms with Crippen molar-refractivity contribution < 1.29 is 9.53 Å². The standard InChI is InChI=1S/C23H18O2/c24-23(21-16-8-3-9-17-21)25-22(20-14-6-2-7-15-20)18-10-13-19-11-4-1-5-12-19/h1-18H/b13-10+,22-18+. The van der Waals surface area contributed by atoms with Gasteiger partial charge in [0.25, 0.3) is 0 Å². The van der Waals surface area contributed by atoms with Gasteiger partial charge in [0, 0.05) is 5.56 Å². The van der Waals surface area contributed by atoms with E-state index in [1.165, 1.54) is 0 Å². The molecule has 25 heavy (non-hydrogen) atoms. The Kier molecular flexibility index (Phi) is 5.57. The summed E-state index contributed by atoms with van der Waals surface area (Å²) in [5.74, 6) is 0.144. The molecule has 0 amide bonds. The van der Waals surface area contributed by atoms with Crippen LogP contribution >= 0.6 is 0 Å². The first-order valence-electron chi connectivity index (χ1n) is 8.09. The fourth-order valence-corrected chi connectivity index (χ4v) is 2.34. The number of carbonyl (C=O) groups is 1. The first kappa shape index (κ1) is 16.5. The lowest BCUT2D eigenvalue weighted by Gasteiger charge is -2.08. The highest BCUT2D eigenvalue weighted by Crippen LogP contribution is 2.18. The SMILES string of the molecule is O=C(O/C(=C/C=C/c1ccccc1)c1ccccc1)c1ccccc1. The van der Waals surface area contributed by atoms with Crippen LogP contribution in [0.3, 0.4) is 0 Å². The van der Waals surface area contributed by atoms with Crippen LogP contribution in [0.4, 0.5) is 0 Å². The van der Waals surface area contributed by atoms with Crippen molar-refractivity contribution in [3.63, 3.8) is 0 Å². The monoisotopic (exact) mass is 326 g/mol. The Hall–Kier alpha value is -3.39. The summed E-state index contributed by atoms with van der Waals surface area (Å²) in [6.45, 7) is 0. The van der Waals surface area contributed by atoms with Crippen molar-refractivity contribution in [3.8, 4) is 0 Å². The number of carbonyl (C=O) groups excluding carboxylic acids is 1. The van der Waals surface area contributed by atoms with Gasteiger partial charge in [-0.1, -0.05) is 91.0 Å². The maximum atomic E-state index is 12.4. The molecule has 0 N–H and O–H groups in total. The zero-order chi connectivity index (χ0) is 17.3. The third kappa shape index (κ3) is 4.79. The van der Waals surface area contributed by atoms with Crippen molar-refractivity contribution in [2.45, 2.75) is 0 Å². The third-order valence-corrected chi connectivity index (χ3v) is 3.61. The Morgan fingerprint density at radius 3 is 1.80 bits per heavy atom. The summed E-state index contributed by atoms with van der Waals surface area (Å²) >= 11 is 0. The van der Waals surface area contributed by atoms with Crippen LogP contribution in [0.25, 0.3) is 11.8 Å². The normalized spacial score (nSPS) is 11.4. The van der Waals surface area contributed by atoms with Crippen molar-refractivity contribution in [2.75, 3.05) is 0 Å². The zero-order valence-electron chi connectivity index (χ0n) is 13.7. The van der Waals surface area contributed by atoms with Crippen LogP contribution in [-0.4, -0.2) is 5.97 Å². The van der Waals surface area contributed by atoms with E-state index in [-0.39, 0.29) is 5.97 Å². The molecule has 3 rings (SSSR count). The molecule has 0 bridgehead atoms. The Balaban J connectivity index is 1.84. The number of esters is 1. The van der Waals surface area contributed by atoms with Crippen LogP contribution in [0, 0.1) is 0 Å². The second-order valence-corrected chi connectivity index (χ2v) is 5.42. The van der Waals surface area contributed by atoms with E-state index in [0.717, 1.165) is 11.1 Å². The fourth-order valence-electron chi connectivity index (χ4n) is 2.34. The van der Waals surface area contributed by atoms with Crippen molar-refractivity contribution in [3.05, 3.63) is 120 Å². The Morgan fingerprint density at radius 2 is 1.20 bits per heavy atom. The van der Waals surface area contributed by atoms with E-state index < -0.39 is 0 Å². The van der Waals surface area contributed by atoms with Gasteiger partial charge in [-0.05, 0) is 23.8 Å². The lowest BCUT2D eigenvalue weighted by molar-refractivity contribution is 0.0692. The van der Waals surface area contributed by atoms with Crippen LogP contribution in [0.1, 0.15) is 21.5 Å². The fraction of sp³-hybridized carbons (Fsp3) is 0. The van der Waals surface area contributed by atoms with Crippen molar-refractivity contribution >= 4 is 17.8 Å². The van der Waals surface area contributed by atoms with Gasteiger partial charge in [-0.2, -0.15) is 0 Å². The molecule has 0 aromatic heterocycles. The van der Waals surface area contributed by atoms with Crippen LogP contribution in [0.5, 0.6) is 0 Å². The van der Waals surface area contributed by atoms with E-state index in [2.05, 4.69) is 0 Å². The molecule has 2 nitrogen and oxygen atoms in total. The Bertz CT molecular complexity index is 864. The molecular weight excluding hydrogens is 308 g/mol. The highest BCUT2D eigenvalue weighted by Gasteiger charge is 2.10. The summed E-state index contributed by atoms with van der Waals surface area (Å²) in [6, 6.07) is 28.6. The van der Waals surface area contributed by atoms with E-state index >= 15 is 0 Å². The summed E-state index contributed by atoms with van der Waals surface area (Å²) in [5.41, 5.74) is 2.46. The van der Waals surface area contributed by atoms with Gasteiger partial charge in [-0.3, -0.25) is 0 Å². The van der Waals surface area contributed by atoms with Crippen LogP contribution in [0.2, 0.25) is 0 Å². The highest BCUT2D eigenvalue weighted by molar-refractivity contribution is 5.93. The van der Waals surface area contributed by atoms with Gasteiger partial charge >= 0.3 is 5.97 Å². The predicted octanol–water partition coefficient (Wildman–Crippen LogP) is 5.60. The molecule has 2 heteroatoms. The Labute approximate surface area is 147 Å². The molecule has 0 aliphatic carbocycles. The summed E-state index contributed by atoms with van der Waals surface area (Å²) in [4.78, 5) is 12.4. The van der Waals surface area contributed by atoms with Crippen molar-refractivity contribution in [2.24, 2.45) is 0 Å². The molecule has 0 heterocycles. The third-order valence-electron chi connectivity index (χ3n) is 3.61. The lowest BCUT2D eigenvalue weighted by Crippen LogP contribution is -2.04. The number of allylic oxidation sites excluding steroid dienone is 2. The van der Waals surface area contributed by atoms with Crippen molar-refractivity contribution in [1.82, 2.24) is 0 Å². The van der Waals surface area contributed by atoms with E-state index in [9.17, 15) is 4.79 Å². The molecule has 122 valence electrons. The highest BCUT2D eigenvalue weighted by atomic mass is 16.5. The van der Waals surface area contributed by atoms with Gasteiger partial charge in [-0.15, -0.1) is 0 Å². The van der Waals surface area contributed by atoms with Gasteiger partial charge in [0.2, 0.25) is 0 Å². The minimum absolute atomic E-state index is 0.371. The molecule has 0 atom stereocenters. The predicted molar refractivity (Wildman–Crippen MR) is 102 cm³/mol. The molecule has 0 saturated heterocycles. The molecule has 0 unspecified atom stereocenters. The molecule has 0 aliphatic heterocycles. The number of ether oxygens (including phenoxy) is 1. The molecule has 0 saturated carbocycles. The number of benzene rings is 3. The average molecular weight is 326 g/mol. The van der Waals surface area contributed by atoms with Gasteiger partial charge in [0.1, 0.15) is 5.76 Å². The zero-order valence-corrected chi connectivity index (χ0v) is 13.7. The van der Waals surface area contributed by atoms with Gasteiger partial charge in [-0.25, -0.2) is 4.79 Å². The molecule has 0 aliphatic rings. The van der Waals surface area contributed by atoms with Gasteiger partial charge < -0.3 is 4.74 Å². The first-order valence-corrected chi connectivity index (χ1v) is 8.09. The maximum Gasteiger partial charge on any atom is 0.343 e. The maximum absolute atomic E-state index is 12.4. The molecule has 0 radical (unpaired) electrons. The van der Waals surface area contributed by atoms with Crippen molar-refractivity contribution in [1.29, 1.82) is 0 Å². The molecule has 3 aromatic rings. The average Bonchev–Trinajstić information content (AvgIpc) is 2.69. The van der Waals surface area contributed by atoms with Crippen LogP contribution < -0.4 is 0 Å². The minimum Gasteiger partial charge on any atom is -0.422 e. The van der Waals surface area contributed by atoms with Crippen LogP contribution in [0.15, 0.2) is 103 Å². The largest absolute Gasteiger partial charge is 0.422 e. The Morgan fingerprint density at radius 1 is 0.680 bits per heavy atom. The number of rotatable bonds is 5. The van der Waals surface area contributed by atoms with Gasteiger partial charge in [0.05, 0.1) is 5.56 Å². The quantitative estimate of drug-likeness (QED) is 0.347. The van der Waals surface area contributed by atoms with Gasteiger partial charge in [0.15, 0.2) is 0 Å². The topological polar surface area (TPSA) is 26.3 Å². The minimum atomic E-state index is -0.371. The van der Waals surface area contributed by atoms with E-state index in [1.54, 1.807) is 12.1 Å². The molecule has 3 aromatic carbocycles. The van der Waals surface area contributed by atoms with Crippen LogP contribution in [-0.2, 0) is 4.74 Å². The molecular formula is C23H18O2. The number of hydrogen-bond donors (Lipinski definition) is 0. The van der Waals surface area contributed by atoms with E-state index in [1.807, 2.05) is 97.1 Å². The van der Waals surface area contributed by atoms with E-state index in [0.29, 0.717) is 11.3 Å². The summed E-state index contributed by atoms with van der Waals surface area (Å²) in [7, 11) is 0. The lowest BCUT2D eigenvalue weighted by atomic mass is 10.1. The summed E-state index contributed by atoms with van der Waals surface area (Å²) in [5, 5.41) is 0. The first-order chi connectivity index (χ1) is 12.3. The summed E-state index contributed by atoms with van der Waals surface area (Å²) in [6.07, 6.45) is 5.67. The molecule has 0 fully saturated rings. The number of hydrogen-bond acceptors (Lipinski definition) is 2. The second kappa shape index (κ2) is 8.46.